The number of para-hydroxylation sites is 1. The van der Waals surface area contributed by atoms with Crippen LogP contribution >= 0.6 is 0 Å². The molecule has 0 aliphatic carbocycles. The third-order valence-electron chi connectivity index (χ3n) is 2.23. The van der Waals surface area contributed by atoms with Crippen molar-refractivity contribution in [3.05, 3.63) is 60.0 Å². The Kier molecular flexibility index (Phi) is 2.19. The Morgan fingerprint density at radius 2 is 2.07 bits per heavy atom. The van der Waals surface area contributed by atoms with Gasteiger partial charge in [-0.25, -0.2) is 0 Å². The van der Waals surface area contributed by atoms with Crippen molar-refractivity contribution in [2.45, 2.75) is 6.42 Å². The first-order valence-corrected chi connectivity index (χ1v) is 4.53. The molecule has 0 N–H and O–H groups in total. The van der Waals surface area contributed by atoms with Crippen molar-refractivity contribution in [1.82, 2.24) is 0 Å². The first kappa shape index (κ1) is 8.75. The molecule has 0 unspecified atom stereocenters. The molecule has 0 amide bonds. The van der Waals surface area contributed by atoms with Crippen molar-refractivity contribution in [2.75, 3.05) is 0 Å². The molecule has 0 radical (unpaired) electrons. The average Bonchev–Trinajstić information content (AvgIpc) is 2.19. The minimum absolute atomic E-state index is 0.726. The predicted octanol–water partition coefficient (Wildman–Crippen LogP) is 2.20. The van der Waals surface area contributed by atoms with Crippen molar-refractivity contribution < 1.29 is 4.73 Å². The minimum atomic E-state index is 0.726. The first-order chi connectivity index (χ1) is 6.83. The number of benzene rings is 1. The van der Waals surface area contributed by atoms with Crippen LogP contribution in [0.4, 0.5) is 0 Å². The van der Waals surface area contributed by atoms with Gasteiger partial charge in [-0.05, 0) is 18.6 Å². The van der Waals surface area contributed by atoms with Crippen LogP contribution < -0.4 is 4.73 Å². The van der Waals surface area contributed by atoms with Crippen LogP contribution in [0.15, 0.2) is 49.2 Å². The van der Waals surface area contributed by atoms with Crippen LogP contribution in [-0.4, -0.2) is 0 Å². The van der Waals surface area contributed by atoms with Gasteiger partial charge in [0.25, 0.3) is 0 Å². The van der Waals surface area contributed by atoms with Crippen LogP contribution in [0.3, 0.4) is 0 Å². The third kappa shape index (κ3) is 1.35. The van der Waals surface area contributed by atoms with Crippen LogP contribution in [0.1, 0.15) is 5.56 Å². The molecule has 1 aromatic carbocycles. The van der Waals surface area contributed by atoms with Crippen molar-refractivity contribution in [3.63, 3.8) is 0 Å². The van der Waals surface area contributed by atoms with E-state index in [9.17, 15) is 5.21 Å². The van der Waals surface area contributed by atoms with Gasteiger partial charge in [-0.2, -0.15) is 4.73 Å². The molecule has 0 atom stereocenters. The summed E-state index contributed by atoms with van der Waals surface area (Å²) in [5, 5.41) is 12.5. The molecule has 0 fully saturated rings. The maximum atomic E-state index is 11.6. The van der Waals surface area contributed by atoms with Gasteiger partial charge < -0.3 is 5.21 Å². The Bertz CT molecular complexity index is 471. The third-order valence-corrected chi connectivity index (χ3v) is 2.23. The van der Waals surface area contributed by atoms with Gasteiger partial charge in [0, 0.05) is 17.0 Å². The van der Waals surface area contributed by atoms with E-state index >= 15 is 0 Å². The number of hydrogen-bond acceptors (Lipinski definition) is 1. The van der Waals surface area contributed by atoms with Crippen molar-refractivity contribution in [3.8, 4) is 0 Å². The summed E-state index contributed by atoms with van der Waals surface area (Å²) in [7, 11) is 0. The van der Waals surface area contributed by atoms with E-state index in [-0.39, 0.29) is 0 Å². The fourth-order valence-corrected chi connectivity index (χ4v) is 1.63. The topological polar surface area (TPSA) is 26.9 Å². The zero-order chi connectivity index (χ0) is 9.97. The van der Waals surface area contributed by atoms with E-state index in [1.165, 1.54) is 6.20 Å². The molecule has 70 valence electrons. The summed E-state index contributed by atoms with van der Waals surface area (Å²) in [6.45, 7) is 3.68. The van der Waals surface area contributed by atoms with Crippen LogP contribution in [0, 0.1) is 5.21 Å². The molecular formula is C12H11NO. The van der Waals surface area contributed by atoms with Crippen molar-refractivity contribution in [2.24, 2.45) is 0 Å². The normalized spacial score (nSPS) is 10.3. The number of fused-ring (bicyclic) bond motifs is 1. The second-order valence-corrected chi connectivity index (χ2v) is 3.18. The Morgan fingerprint density at radius 3 is 2.86 bits per heavy atom. The molecule has 2 nitrogen and oxygen atoms in total. The second kappa shape index (κ2) is 3.50. The van der Waals surface area contributed by atoms with Gasteiger partial charge in [0.2, 0.25) is 5.52 Å². The van der Waals surface area contributed by atoms with Crippen LogP contribution in [0.25, 0.3) is 10.9 Å². The Balaban J connectivity index is 2.77. The van der Waals surface area contributed by atoms with Gasteiger partial charge >= 0.3 is 0 Å². The summed E-state index contributed by atoms with van der Waals surface area (Å²) in [4.78, 5) is 0. The fraction of sp³-hybridized carbons (Fsp3) is 0.0833. The standard InChI is InChI=1S/C12H11NO/c1-2-5-10-6-3-7-11-8-4-9-13(14)12(10)11/h2-4,6-9H,1,5H2. The maximum absolute atomic E-state index is 11.6. The Morgan fingerprint density at radius 1 is 1.29 bits per heavy atom. The van der Waals surface area contributed by atoms with Gasteiger partial charge in [-0.3, -0.25) is 0 Å². The zero-order valence-corrected chi connectivity index (χ0v) is 7.81. The quantitative estimate of drug-likeness (QED) is 0.400. The molecule has 0 aliphatic heterocycles. The molecule has 0 aliphatic rings. The largest absolute Gasteiger partial charge is 0.618 e. The van der Waals surface area contributed by atoms with Crippen LogP contribution in [-0.2, 0) is 6.42 Å². The summed E-state index contributed by atoms with van der Waals surface area (Å²) < 4.78 is 0.911. The lowest BCUT2D eigenvalue weighted by atomic mass is 10.1. The lowest BCUT2D eigenvalue weighted by Crippen LogP contribution is -2.26. The first-order valence-electron chi connectivity index (χ1n) is 4.53. The number of pyridine rings is 1. The van der Waals surface area contributed by atoms with E-state index in [1.54, 1.807) is 6.07 Å². The highest BCUT2D eigenvalue weighted by atomic mass is 16.5. The summed E-state index contributed by atoms with van der Waals surface area (Å²) >= 11 is 0. The summed E-state index contributed by atoms with van der Waals surface area (Å²) in [5.41, 5.74) is 1.77. The highest BCUT2D eigenvalue weighted by molar-refractivity contribution is 5.78. The van der Waals surface area contributed by atoms with Gasteiger partial charge in [0.1, 0.15) is 0 Å². The number of aromatic nitrogens is 1. The van der Waals surface area contributed by atoms with E-state index in [0.29, 0.717) is 0 Å². The molecule has 0 saturated carbocycles. The smallest absolute Gasteiger partial charge is 0.227 e. The molecule has 0 saturated heterocycles. The van der Waals surface area contributed by atoms with E-state index < -0.39 is 0 Å². The monoisotopic (exact) mass is 185 g/mol. The van der Waals surface area contributed by atoms with E-state index in [0.717, 1.165) is 27.6 Å². The molecule has 14 heavy (non-hydrogen) atoms. The highest BCUT2D eigenvalue weighted by Gasteiger charge is 2.07. The van der Waals surface area contributed by atoms with E-state index in [1.807, 2.05) is 30.3 Å². The fourth-order valence-electron chi connectivity index (χ4n) is 1.63. The van der Waals surface area contributed by atoms with Gasteiger partial charge in [0.15, 0.2) is 6.20 Å². The summed E-state index contributed by atoms with van der Waals surface area (Å²) in [5.74, 6) is 0. The molecule has 2 rings (SSSR count). The van der Waals surface area contributed by atoms with Crippen LogP contribution in [0.5, 0.6) is 0 Å². The van der Waals surface area contributed by atoms with Crippen LogP contribution in [0.2, 0.25) is 0 Å². The van der Waals surface area contributed by atoms with Gasteiger partial charge in [0.05, 0.1) is 0 Å². The summed E-state index contributed by atoms with van der Waals surface area (Å²) in [6.07, 6.45) is 4.06. The molecule has 1 heterocycles. The SMILES string of the molecule is C=CCc1cccc2ccc[n+]([O-])c12. The highest BCUT2D eigenvalue weighted by Crippen LogP contribution is 2.15. The molecule has 1 aromatic heterocycles. The molecule has 2 heteroatoms. The van der Waals surface area contributed by atoms with Crippen molar-refractivity contribution >= 4 is 10.9 Å². The van der Waals surface area contributed by atoms with E-state index in [2.05, 4.69) is 6.58 Å². The number of rotatable bonds is 2. The summed E-state index contributed by atoms with van der Waals surface area (Å²) in [6, 6.07) is 9.55. The lowest BCUT2D eigenvalue weighted by molar-refractivity contribution is -0.577. The van der Waals surface area contributed by atoms with Crippen molar-refractivity contribution in [1.29, 1.82) is 0 Å². The van der Waals surface area contributed by atoms with Gasteiger partial charge in [-0.1, -0.05) is 18.2 Å². The maximum Gasteiger partial charge on any atom is 0.227 e. The van der Waals surface area contributed by atoms with Gasteiger partial charge in [-0.15, -0.1) is 6.58 Å². The number of hydrogen-bond donors (Lipinski definition) is 0. The number of nitrogens with zero attached hydrogens (tertiary/aromatic N) is 1. The molecule has 0 bridgehead atoms. The molecular weight excluding hydrogens is 174 g/mol. The predicted molar refractivity (Wildman–Crippen MR) is 56.8 cm³/mol. The Labute approximate surface area is 82.7 Å². The zero-order valence-electron chi connectivity index (χ0n) is 7.81. The molecule has 2 aromatic rings. The van der Waals surface area contributed by atoms with E-state index in [4.69, 9.17) is 0 Å². The molecule has 0 spiro atoms. The average molecular weight is 185 g/mol. The second-order valence-electron chi connectivity index (χ2n) is 3.18. The lowest BCUT2D eigenvalue weighted by Gasteiger charge is -2.04. The number of allylic oxidation sites excluding steroid dienone is 1. The Hall–Kier alpha value is -1.83. The minimum Gasteiger partial charge on any atom is -0.618 e.